The minimum atomic E-state index is 0.0629. The molecule has 1 aliphatic heterocycles. The molecule has 1 aromatic rings. The lowest BCUT2D eigenvalue weighted by atomic mass is 10.2. The zero-order chi connectivity index (χ0) is 17.4. The van der Waals surface area contributed by atoms with Crippen LogP contribution in [0.15, 0.2) is 23.5 Å². The maximum absolute atomic E-state index is 12.1. The summed E-state index contributed by atoms with van der Waals surface area (Å²) in [6, 6.07) is 2.20. The van der Waals surface area contributed by atoms with E-state index in [2.05, 4.69) is 27.6 Å². The van der Waals surface area contributed by atoms with Gasteiger partial charge in [0, 0.05) is 57.1 Å². The van der Waals surface area contributed by atoms with Crippen molar-refractivity contribution in [1.29, 1.82) is 0 Å². The van der Waals surface area contributed by atoms with Crippen LogP contribution in [-0.2, 0) is 11.3 Å². The second-order valence-corrected chi connectivity index (χ2v) is 6.45. The van der Waals surface area contributed by atoms with Crippen molar-refractivity contribution in [2.45, 2.75) is 46.2 Å². The fourth-order valence-corrected chi connectivity index (χ4v) is 2.81. The lowest BCUT2D eigenvalue weighted by Crippen LogP contribution is -2.45. The molecule has 0 aromatic carbocycles. The molecule has 0 aliphatic carbocycles. The van der Waals surface area contributed by atoms with Crippen molar-refractivity contribution < 1.29 is 4.79 Å². The normalized spacial score (nSPS) is 18.2. The number of rotatable bonds is 7. The first-order valence-corrected chi connectivity index (χ1v) is 8.91. The molecule has 134 valence electrons. The molecular weight excluding hydrogens is 304 g/mol. The quantitative estimate of drug-likeness (QED) is 0.445. The first-order valence-electron chi connectivity index (χ1n) is 8.91. The number of nitrogens with zero attached hydrogens (tertiary/aromatic N) is 4. The molecule has 2 heterocycles. The molecule has 0 spiro atoms. The minimum absolute atomic E-state index is 0.0629. The van der Waals surface area contributed by atoms with Gasteiger partial charge in [-0.25, -0.2) is 0 Å². The van der Waals surface area contributed by atoms with E-state index in [1.807, 2.05) is 35.7 Å². The van der Waals surface area contributed by atoms with E-state index in [0.29, 0.717) is 0 Å². The second kappa shape index (κ2) is 9.30. The average Bonchev–Trinajstić information content (AvgIpc) is 3.22. The monoisotopic (exact) mass is 334 g/mol. The van der Waals surface area contributed by atoms with Gasteiger partial charge < -0.3 is 15.5 Å². The number of aliphatic imine (C=N–C) groups is 1. The number of hydrogen-bond acceptors (Lipinski definition) is 3. The molecule has 1 aromatic heterocycles. The summed E-state index contributed by atoms with van der Waals surface area (Å²) < 4.78 is 1.92. The summed E-state index contributed by atoms with van der Waals surface area (Å²) in [6.45, 7) is 9.99. The summed E-state index contributed by atoms with van der Waals surface area (Å²) in [4.78, 5) is 18.6. The molecule has 2 rings (SSSR count). The number of carbonyl (C=O) groups is 1. The Morgan fingerprint density at radius 3 is 2.96 bits per heavy atom. The van der Waals surface area contributed by atoms with Gasteiger partial charge in [-0.15, -0.1) is 0 Å². The molecular formula is C17H30N6O. The molecule has 1 fully saturated rings. The van der Waals surface area contributed by atoms with E-state index in [9.17, 15) is 4.79 Å². The van der Waals surface area contributed by atoms with E-state index in [-0.39, 0.29) is 17.9 Å². The highest BCUT2D eigenvalue weighted by Gasteiger charge is 2.27. The van der Waals surface area contributed by atoms with Gasteiger partial charge in [0.25, 0.3) is 0 Å². The van der Waals surface area contributed by atoms with Gasteiger partial charge in [-0.1, -0.05) is 13.8 Å². The van der Waals surface area contributed by atoms with Crippen LogP contribution in [0.25, 0.3) is 0 Å². The molecule has 1 aliphatic rings. The largest absolute Gasteiger partial charge is 0.357 e. The number of likely N-dealkylation sites (tertiary alicyclic amines) is 1. The first kappa shape index (κ1) is 18.3. The standard InChI is InChI=1S/C17H30N6O/c1-4-18-17(19-8-5-10-23-11-6-9-20-23)21-15-7-12-22(13-15)16(24)14(2)3/h6,9,11,14-15H,4-5,7-8,10,12-13H2,1-3H3,(H2,18,19,21). The van der Waals surface area contributed by atoms with E-state index in [1.165, 1.54) is 0 Å². The average molecular weight is 334 g/mol. The van der Waals surface area contributed by atoms with Crippen molar-refractivity contribution in [2.24, 2.45) is 10.9 Å². The minimum Gasteiger partial charge on any atom is -0.357 e. The summed E-state index contributed by atoms with van der Waals surface area (Å²) in [7, 11) is 0. The third-order valence-electron chi connectivity index (χ3n) is 4.05. The molecule has 1 amide bonds. The molecule has 1 atom stereocenters. The van der Waals surface area contributed by atoms with Crippen LogP contribution in [0.3, 0.4) is 0 Å². The van der Waals surface area contributed by atoms with Crippen molar-refractivity contribution in [3.8, 4) is 0 Å². The highest BCUT2D eigenvalue weighted by atomic mass is 16.2. The van der Waals surface area contributed by atoms with Crippen LogP contribution in [-0.4, -0.2) is 58.8 Å². The molecule has 0 bridgehead atoms. The van der Waals surface area contributed by atoms with Gasteiger partial charge in [-0.3, -0.25) is 14.5 Å². The summed E-state index contributed by atoms with van der Waals surface area (Å²) in [5, 5.41) is 10.9. The van der Waals surface area contributed by atoms with E-state index in [1.54, 1.807) is 6.20 Å². The van der Waals surface area contributed by atoms with Gasteiger partial charge in [0.2, 0.25) is 5.91 Å². The predicted octanol–water partition coefficient (Wildman–Crippen LogP) is 1.09. The van der Waals surface area contributed by atoms with Crippen LogP contribution in [0.2, 0.25) is 0 Å². The zero-order valence-electron chi connectivity index (χ0n) is 15.0. The Labute approximate surface area is 144 Å². The van der Waals surface area contributed by atoms with Gasteiger partial charge in [-0.05, 0) is 25.8 Å². The van der Waals surface area contributed by atoms with Crippen molar-refractivity contribution in [1.82, 2.24) is 25.3 Å². The number of guanidine groups is 1. The molecule has 7 nitrogen and oxygen atoms in total. The summed E-state index contributed by atoms with van der Waals surface area (Å²) >= 11 is 0. The van der Waals surface area contributed by atoms with Crippen molar-refractivity contribution in [3.63, 3.8) is 0 Å². The van der Waals surface area contributed by atoms with Crippen LogP contribution in [0, 0.1) is 5.92 Å². The van der Waals surface area contributed by atoms with Crippen LogP contribution < -0.4 is 10.6 Å². The number of aryl methyl sites for hydroxylation is 1. The Hall–Kier alpha value is -2.05. The fraction of sp³-hybridized carbons (Fsp3) is 0.706. The number of nitrogens with one attached hydrogen (secondary N) is 2. The lowest BCUT2D eigenvalue weighted by Gasteiger charge is -2.20. The van der Waals surface area contributed by atoms with Crippen LogP contribution in [0.4, 0.5) is 0 Å². The maximum Gasteiger partial charge on any atom is 0.225 e. The van der Waals surface area contributed by atoms with Gasteiger partial charge in [0.05, 0.1) is 0 Å². The fourth-order valence-electron chi connectivity index (χ4n) is 2.81. The highest BCUT2D eigenvalue weighted by Crippen LogP contribution is 2.12. The van der Waals surface area contributed by atoms with Gasteiger partial charge >= 0.3 is 0 Å². The first-order chi connectivity index (χ1) is 11.6. The van der Waals surface area contributed by atoms with Crippen LogP contribution in [0.1, 0.15) is 33.6 Å². The third-order valence-corrected chi connectivity index (χ3v) is 4.05. The van der Waals surface area contributed by atoms with Crippen LogP contribution in [0.5, 0.6) is 0 Å². The Balaban J connectivity index is 1.78. The highest BCUT2D eigenvalue weighted by molar-refractivity contribution is 5.81. The number of amides is 1. The van der Waals surface area contributed by atoms with E-state index < -0.39 is 0 Å². The van der Waals surface area contributed by atoms with Crippen LogP contribution >= 0.6 is 0 Å². The molecule has 2 N–H and O–H groups in total. The topological polar surface area (TPSA) is 74.6 Å². The molecule has 24 heavy (non-hydrogen) atoms. The van der Waals surface area contributed by atoms with Crippen molar-refractivity contribution >= 4 is 11.9 Å². The Kier molecular flexibility index (Phi) is 7.08. The predicted molar refractivity (Wildman–Crippen MR) is 95.8 cm³/mol. The van der Waals surface area contributed by atoms with E-state index in [0.717, 1.165) is 51.5 Å². The summed E-state index contributed by atoms with van der Waals surface area (Å²) in [5.74, 6) is 1.13. The van der Waals surface area contributed by atoms with Crippen molar-refractivity contribution in [2.75, 3.05) is 26.2 Å². The van der Waals surface area contributed by atoms with E-state index in [4.69, 9.17) is 0 Å². The van der Waals surface area contributed by atoms with Gasteiger partial charge in [0.1, 0.15) is 0 Å². The van der Waals surface area contributed by atoms with E-state index >= 15 is 0 Å². The summed E-state index contributed by atoms with van der Waals surface area (Å²) in [6.07, 6.45) is 5.67. The lowest BCUT2D eigenvalue weighted by molar-refractivity contribution is -0.133. The Bertz CT molecular complexity index is 525. The van der Waals surface area contributed by atoms with Crippen molar-refractivity contribution in [3.05, 3.63) is 18.5 Å². The Morgan fingerprint density at radius 2 is 2.29 bits per heavy atom. The SMILES string of the molecule is CCNC(=NCCCn1cccn1)NC1CCN(C(=O)C(C)C)C1. The van der Waals surface area contributed by atoms with Gasteiger partial charge in [-0.2, -0.15) is 5.10 Å². The number of carbonyl (C=O) groups excluding carboxylic acids is 1. The maximum atomic E-state index is 12.1. The second-order valence-electron chi connectivity index (χ2n) is 6.45. The van der Waals surface area contributed by atoms with Gasteiger partial charge in [0.15, 0.2) is 5.96 Å². The zero-order valence-corrected chi connectivity index (χ0v) is 15.0. The smallest absolute Gasteiger partial charge is 0.225 e. The number of hydrogen-bond donors (Lipinski definition) is 2. The Morgan fingerprint density at radius 1 is 1.46 bits per heavy atom. The third kappa shape index (κ3) is 5.54. The summed E-state index contributed by atoms with van der Waals surface area (Å²) in [5.41, 5.74) is 0. The number of aromatic nitrogens is 2. The molecule has 0 radical (unpaired) electrons. The molecule has 1 saturated heterocycles. The molecule has 7 heteroatoms. The molecule has 1 unspecified atom stereocenters. The molecule has 0 saturated carbocycles.